The number of hydrogen-bond donors (Lipinski definition) is 2. The third kappa shape index (κ3) is 6.47. The van der Waals surface area contributed by atoms with Gasteiger partial charge in [-0.1, -0.05) is 13.8 Å². The van der Waals surface area contributed by atoms with Crippen molar-refractivity contribution in [3.63, 3.8) is 0 Å². The Kier molecular flexibility index (Phi) is 6.52. The average molecular weight is 216 g/mol. The molecule has 0 aromatic heterocycles. The van der Waals surface area contributed by atoms with Crippen LogP contribution in [-0.4, -0.2) is 38.3 Å². The lowest BCUT2D eigenvalue weighted by Crippen LogP contribution is -2.49. The van der Waals surface area contributed by atoms with Crippen LogP contribution in [-0.2, 0) is 9.53 Å². The summed E-state index contributed by atoms with van der Waals surface area (Å²) in [6.07, 6.45) is 0. The van der Waals surface area contributed by atoms with Gasteiger partial charge in [-0.2, -0.15) is 0 Å². The molecule has 0 rings (SSSR count). The molecule has 0 aliphatic heterocycles. The molecule has 15 heavy (non-hydrogen) atoms. The molecule has 0 heterocycles. The summed E-state index contributed by atoms with van der Waals surface area (Å²) in [4.78, 5) is 11.7. The summed E-state index contributed by atoms with van der Waals surface area (Å²) in [6, 6.07) is 0. The zero-order chi connectivity index (χ0) is 11.9. The van der Waals surface area contributed by atoms with Crippen molar-refractivity contribution in [2.75, 3.05) is 26.8 Å². The van der Waals surface area contributed by atoms with Gasteiger partial charge in [0.05, 0.1) is 12.1 Å². The Balaban J connectivity index is 4.00. The van der Waals surface area contributed by atoms with E-state index in [0.29, 0.717) is 13.2 Å². The normalized spacial score (nSPS) is 13.7. The molecule has 90 valence electrons. The van der Waals surface area contributed by atoms with Crippen LogP contribution in [0.5, 0.6) is 0 Å². The molecule has 4 nitrogen and oxygen atoms in total. The summed E-state index contributed by atoms with van der Waals surface area (Å²) >= 11 is 0. The average Bonchev–Trinajstić information content (AvgIpc) is 2.13. The highest BCUT2D eigenvalue weighted by Crippen LogP contribution is 2.04. The maximum atomic E-state index is 11.7. The van der Waals surface area contributed by atoms with Crippen LogP contribution in [0.15, 0.2) is 0 Å². The second kappa shape index (κ2) is 6.80. The molecule has 1 amide bonds. The van der Waals surface area contributed by atoms with Gasteiger partial charge in [0, 0.05) is 19.6 Å². The summed E-state index contributed by atoms with van der Waals surface area (Å²) in [7, 11) is 1.63. The Labute approximate surface area is 92.8 Å². The molecule has 0 saturated carbocycles. The van der Waals surface area contributed by atoms with E-state index in [1.165, 1.54) is 0 Å². The fourth-order valence-electron chi connectivity index (χ4n) is 1.31. The molecule has 0 radical (unpaired) electrons. The van der Waals surface area contributed by atoms with E-state index in [2.05, 4.69) is 10.6 Å². The lowest BCUT2D eigenvalue weighted by Gasteiger charge is -2.27. The van der Waals surface area contributed by atoms with E-state index in [1.54, 1.807) is 7.11 Å². The standard InChI is InChI=1S/C11H24N2O2/c1-6-12-7-9(2)10(14)13-11(3,4)8-15-5/h9,12H,6-8H2,1-5H3,(H,13,14). The van der Waals surface area contributed by atoms with Crippen molar-refractivity contribution >= 4 is 5.91 Å². The predicted molar refractivity (Wildman–Crippen MR) is 61.8 cm³/mol. The number of carbonyl (C=O) groups excluding carboxylic acids is 1. The predicted octanol–water partition coefficient (Wildman–Crippen LogP) is 0.773. The van der Waals surface area contributed by atoms with Crippen LogP contribution in [0, 0.1) is 5.92 Å². The van der Waals surface area contributed by atoms with E-state index in [9.17, 15) is 4.79 Å². The molecule has 0 aromatic carbocycles. The highest BCUT2D eigenvalue weighted by molar-refractivity contribution is 5.79. The third-order valence-electron chi connectivity index (χ3n) is 2.11. The van der Waals surface area contributed by atoms with Gasteiger partial charge in [-0.3, -0.25) is 4.79 Å². The fraction of sp³-hybridized carbons (Fsp3) is 0.909. The van der Waals surface area contributed by atoms with Gasteiger partial charge in [0.2, 0.25) is 5.91 Å². The minimum atomic E-state index is -0.299. The fourth-order valence-corrected chi connectivity index (χ4v) is 1.31. The van der Waals surface area contributed by atoms with Crippen LogP contribution in [0.4, 0.5) is 0 Å². The van der Waals surface area contributed by atoms with Crippen molar-refractivity contribution in [3.05, 3.63) is 0 Å². The molecule has 0 fully saturated rings. The van der Waals surface area contributed by atoms with Gasteiger partial charge < -0.3 is 15.4 Å². The summed E-state index contributed by atoms with van der Waals surface area (Å²) in [5.74, 6) is 0.0547. The summed E-state index contributed by atoms with van der Waals surface area (Å²) in [5.41, 5.74) is -0.299. The maximum absolute atomic E-state index is 11.7. The third-order valence-corrected chi connectivity index (χ3v) is 2.11. The quantitative estimate of drug-likeness (QED) is 0.661. The highest BCUT2D eigenvalue weighted by atomic mass is 16.5. The largest absolute Gasteiger partial charge is 0.382 e. The molecule has 0 aromatic rings. The zero-order valence-electron chi connectivity index (χ0n) is 10.5. The molecule has 4 heteroatoms. The molecule has 0 bridgehead atoms. The Morgan fingerprint density at radius 1 is 1.47 bits per heavy atom. The SMILES string of the molecule is CCNCC(C)C(=O)NC(C)(C)COC. The Bertz CT molecular complexity index is 193. The van der Waals surface area contributed by atoms with E-state index in [0.717, 1.165) is 6.54 Å². The minimum Gasteiger partial charge on any atom is -0.382 e. The molecule has 0 aliphatic rings. The van der Waals surface area contributed by atoms with Crippen LogP contribution >= 0.6 is 0 Å². The van der Waals surface area contributed by atoms with Gasteiger partial charge in [-0.05, 0) is 20.4 Å². The number of amides is 1. The molecular weight excluding hydrogens is 192 g/mol. The van der Waals surface area contributed by atoms with E-state index >= 15 is 0 Å². The van der Waals surface area contributed by atoms with E-state index in [-0.39, 0.29) is 17.4 Å². The second-order valence-electron chi connectivity index (χ2n) is 4.51. The van der Waals surface area contributed by atoms with Crippen molar-refractivity contribution in [2.24, 2.45) is 5.92 Å². The number of rotatable bonds is 7. The monoisotopic (exact) mass is 216 g/mol. The number of nitrogens with one attached hydrogen (secondary N) is 2. The second-order valence-corrected chi connectivity index (χ2v) is 4.51. The van der Waals surface area contributed by atoms with Crippen molar-refractivity contribution < 1.29 is 9.53 Å². The van der Waals surface area contributed by atoms with Crippen molar-refractivity contribution in [3.8, 4) is 0 Å². The molecule has 0 aliphatic carbocycles. The molecule has 1 unspecified atom stereocenters. The Morgan fingerprint density at radius 3 is 2.53 bits per heavy atom. The summed E-state index contributed by atoms with van der Waals surface area (Å²) < 4.78 is 5.04. The van der Waals surface area contributed by atoms with Crippen LogP contribution in [0.3, 0.4) is 0 Å². The Morgan fingerprint density at radius 2 is 2.07 bits per heavy atom. The van der Waals surface area contributed by atoms with Gasteiger partial charge >= 0.3 is 0 Å². The van der Waals surface area contributed by atoms with Gasteiger partial charge in [0.15, 0.2) is 0 Å². The number of hydrogen-bond acceptors (Lipinski definition) is 3. The van der Waals surface area contributed by atoms with E-state index in [1.807, 2.05) is 27.7 Å². The van der Waals surface area contributed by atoms with E-state index < -0.39 is 0 Å². The van der Waals surface area contributed by atoms with Gasteiger partial charge in [-0.15, -0.1) is 0 Å². The van der Waals surface area contributed by atoms with Crippen molar-refractivity contribution in [1.29, 1.82) is 0 Å². The number of methoxy groups -OCH3 is 1. The summed E-state index contributed by atoms with van der Waals surface area (Å²) in [5, 5.41) is 6.12. The van der Waals surface area contributed by atoms with Crippen molar-refractivity contribution in [2.45, 2.75) is 33.2 Å². The lowest BCUT2D eigenvalue weighted by atomic mass is 10.0. The maximum Gasteiger partial charge on any atom is 0.224 e. The Hall–Kier alpha value is -0.610. The van der Waals surface area contributed by atoms with Crippen molar-refractivity contribution in [1.82, 2.24) is 10.6 Å². The minimum absolute atomic E-state index is 0.0129. The highest BCUT2D eigenvalue weighted by Gasteiger charge is 2.22. The lowest BCUT2D eigenvalue weighted by molar-refractivity contribution is -0.126. The molecule has 2 N–H and O–H groups in total. The summed E-state index contributed by atoms with van der Waals surface area (Å²) in [6.45, 7) is 9.97. The number of ether oxygens (including phenoxy) is 1. The molecular formula is C11H24N2O2. The van der Waals surface area contributed by atoms with Gasteiger partial charge in [0.25, 0.3) is 0 Å². The number of carbonyl (C=O) groups is 1. The van der Waals surface area contributed by atoms with E-state index in [4.69, 9.17) is 4.74 Å². The zero-order valence-corrected chi connectivity index (χ0v) is 10.5. The first-order valence-electron chi connectivity index (χ1n) is 5.44. The van der Waals surface area contributed by atoms with Crippen LogP contribution in [0.1, 0.15) is 27.7 Å². The van der Waals surface area contributed by atoms with Crippen LogP contribution in [0.2, 0.25) is 0 Å². The van der Waals surface area contributed by atoms with Crippen LogP contribution in [0.25, 0.3) is 0 Å². The first-order chi connectivity index (χ1) is 6.93. The van der Waals surface area contributed by atoms with Gasteiger partial charge in [0.1, 0.15) is 0 Å². The first-order valence-corrected chi connectivity index (χ1v) is 5.44. The molecule has 0 spiro atoms. The first kappa shape index (κ1) is 14.4. The van der Waals surface area contributed by atoms with Crippen LogP contribution < -0.4 is 10.6 Å². The smallest absolute Gasteiger partial charge is 0.224 e. The van der Waals surface area contributed by atoms with Gasteiger partial charge in [-0.25, -0.2) is 0 Å². The molecule has 0 saturated heterocycles. The molecule has 1 atom stereocenters. The topological polar surface area (TPSA) is 50.4 Å².